The Bertz CT molecular complexity index is 38.8. The van der Waals surface area contributed by atoms with Crippen LogP contribution in [0.5, 0.6) is 0 Å². The molecular weight excluding hydrogens is 80.0 g/mol. The summed E-state index contributed by atoms with van der Waals surface area (Å²) in [7, 11) is 0. The van der Waals surface area contributed by atoms with Gasteiger partial charge in [0.2, 0.25) is 0 Å². The van der Waals surface area contributed by atoms with E-state index in [9.17, 15) is 0 Å². The van der Waals surface area contributed by atoms with E-state index in [-0.39, 0.29) is 0 Å². The van der Waals surface area contributed by atoms with Crippen LogP contribution in [-0.2, 0) is 9.47 Å². The van der Waals surface area contributed by atoms with Crippen LogP contribution in [0.4, 0.5) is 0 Å². The third-order valence-corrected chi connectivity index (χ3v) is 0.694. The van der Waals surface area contributed by atoms with E-state index in [1.807, 2.05) is 6.92 Å². The summed E-state index contributed by atoms with van der Waals surface area (Å²) in [4.78, 5) is 0. The van der Waals surface area contributed by atoms with E-state index in [2.05, 4.69) is 0 Å². The van der Waals surface area contributed by atoms with E-state index >= 15 is 0 Å². The van der Waals surface area contributed by atoms with Crippen molar-refractivity contribution in [2.24, 2.45) is 0 Å². The number of hydrogen-bond donors (Lipinski definition) is 0. The summed E-state index contributed by atoms with van der Waals surface area (Å²) in [5.41, 5.74) is 0. The van der Waals surface area contributed by atoms with Gasteiger partial charge < -0.3 is 9.47 Å². The smallest absolute Gasteiger partial charge is 0.0346 e. The number of hydrogen-bond acceptors (Lipinski definition) is 2. The lowest BCUT2D eigenvalue weighted by molar-refractivity contribution is 0.0849. The normalized spacial score (nSPS) is 25.5. The Hall–Kier alpha value is -0.0800. The van der Waals surface area contributed by atoms with Gasteiger partial charge in [0, 0.05) is 13.2 Å². The highest BCUT2D eigenvalue weighted by atomic mass is 16.7. The molecule has 0 spiro atoms. The van der Waals surface area contributed by atoms with Crippen molar-refractivity contribution in [1.29, 1.82) is 0 Å². The summed E-state index contributed by atoms with van der Waals surface area (Å²) >= 11 is 0. The molecule has 0 N–H and O–H groups in total. The lowest BCUT2D eigenvalue weighted by atomic mass is 10.8. The summed E-state index contributed by atoms with van der Waals surface area (Å²) in [6, 6.07) is 0. The molecule has 1 aliphatic heterocycles. The van der Waals surface area contributed by atoms with Gasteiger partial charge in [0.1, 0.15) is 0 Å². The molecule has 6 heavy (non-hydrogen) atoms. The Labute approximate surface area is 37.1 Å². The third kappa shape index (κ3) is 0.698. The fourth-order valence-electron chi connectivity index (χ4n) is 0.412. The van der Waals surface area contributed by atoms with Crippen molar-refractivity contribution < 1.29 is 9.47 Å². The minimum Gasteiger partial charge on any atom is -0.520 e. The molecule has 0 unspecified atom stereocenters. The first-order valence-corrected chi connectivity index (χ1v) is 1.99. The molecule has 0 aromatic heterocycles. The molecule has 0 bridgehead atoms. The van der Waals surface area contributed by atoms with E-state index in [4.69, 9.17) is 9.47 Å². The van der Waals surface area contributed by atoms with Crippen LogP contribution in [0.25, 0.3) is 0 Å². The Balaban J connectivity index is 2.18. The van der Waals surface area contributed by atoms with Crippen molar-refractivity contribution in [2.45, 2.75) is 6.92 Å². The summed E-state index contributed by atoms with van der Waals surface area (Å²) in [6.45, 7) is 3.27. The molecule has 1 rings (SSSR count). The van der Waals surface area contributed by atoms with Gasteiger partial charge in [-0.15, -0.1) is 6.92 Å². The Morgan fingerprint density at radius 3 is 2.00 bits per heavy atom. The van der Waals surface area contributed by atoms with Gasteiger partial charge in [-0.3, -0.25) is 0 Å². The van der Waals surface area contributed by atoms with Crippen molar-refractivity contribution in [3.05, 3.63) is 6.29 Å². The molecule has 1 heterocycles. The molecule has 1 saturated heterocycles. The highest BCUT2D eigenvalue weighted by Gasteiger charge is 1.92. The molecule has 0 radical (unpaired) electrons. The van der Waals surface area contributed by atoms with Crippen LogP contribution in [0, 0.1) is 6.29 Å². The van der Waals surface area contributed by atoms with Gasteiger partial charge >= 0.3 is 0 Å². The molecule has 36 valence electrons. The van der Waals surface area contributed by atoms with Crippen molar-refractivity contribution in [3.8, 4) is 0 Å². The quantitative estimate of drug-likeness (QED) is 0.401. The number of rotatable bonds is 0. The lowest BCUT2D eigenvalue weighted by Gasteiger charge is -2.13. The van der Waals surface area contributed by atoms with Gasteiger partial charge in [-0.2, -0.15) is 0 Å². The molecule has 0 saturated carbocycles. The first kappa shape index (κ1) is 4.09. The van der Waals surface area contributed by atoms with Crippen LogP contribution in [-0.4, -0.2) is 13.2 Å². The molecule has 1 fully saturated rings. The minimum absolute atomic E-state index is 0.704. The van der Waals surface area contributed by atoms with Crippen LogP contribution < -0.4 is 0 Å². The standard InChI is InChI=1S/C4H7O2/c1-4-5-2-3-6-4/h2-3H2,1H3/q-1. The maximum atomic E-state index is 4.85. The fraction of sp³-hybridized carbons (Fsp3) is 0.750. The van der Waals surface area contributed by atoms with E-state index in [1.165, 1.54) is 0 Å². The van der Waals surface area contributed by atoms with Crippen LogP contribution in [0.3, 0.4) is 0 Å². The molecule has 2 nitrogen and oxygen atoms in total. The summed E-state index contributed by atoms with van der Waals surface area (Å²) in [5.74, 6) is 0. The summed E-state index contributed by atoms with van der Waals surface area (Å²) in [5, 5.41) is 0. The van der Waals surface area contributed by atoms with E-state index < -0.39 is 0 Å². The maximum Gasteiger partial charge on any atom is 0.0346 e. The zero-order valence-corrected chi connectivity index (χ0v) is 3.73. The van der Waals surface area contributed by atoms with Crippen LogP contribution in [0.15, 0.2) is 0 Å². The van der Waals surface area contributed by atoms with Gasteiger partial charge in [-0.25, -0.2) is 0 Å². The predicted molar refractivity (Wildman–Crippen MR) is 20.8 cm³/mol. The van der Waals surface area contributed by atoms with E-state index in [0.717, 1.165) is 13.2 Å². The fourth-order valence-corrected chi connectivity index (χ4v) is 0.412. The van der Waals surface area contributed by atoms with E-state index in [1.54, 1.807) is 0 Å². The van der Waals surface area contributed by atoms with Gasteiger partial charge in [-0.05, 0) is 0 Å². The van der Waals surface area contributed by atoms with Gasteiger partial charge in [0.25, 0.3) is 0 Å². The highest BCUT2D eigenvalue weighted by molar-refractivity contribution is 4.59. The Morgan fingerprint density at radius 1 is 1.33 bits per heavy atom. The van der Waals surface area contributed by atoms with Crippen LogP contribution in [0.2, 0.25) is 0 Å². The predicted octanol–water partition coefficient (Wildman–Crippen LogP) is 0.543. The van der Waals surface area contributed by atoms with Gasteiger partial charge in [0.15, 0.2) is 0 Å². The molecule has 0 aromatic carbocycles. The average Bonchev–Trinajstić information content (AvgIpc) is 1.86. The van der Waals surface area contributed by atoms with Crippen LogP contribution in [0.1, 0.15) is 6.92 Å². The average molecular weight is 87.1 g/mol. The maximum absolute atomic E-state index is 4.85. The van der Waals surface area contributed by atoms with Crippen LogP contribution >= 0.6 is 0 Å². The second-order valence-corrected chi connectivity index (χ2v) is 1.19. The molecule has 0 amide bonds. The molecular formula is C4H7O2-. The van der Waals surface area contributed by atoms with E-state index in [0.29, 0.717) is 6.29 Å². The summed E-state index contributed by atoms with van der Waals surface area (Å²) < 4.78 is 9.69. The minimum atomic E-state index is 0.704. The largest absolute Gasteiger partial charge is 0.520 e. The number of ether oxygens (including phenoxy) is 2. The first-order chi connectivity index (χ1) is 2.89. The lowest BCUT2D eigenvalue weighted by Crippen LogP contribution is -1.85. The SMILES string of the molecule is C[C-]1OCCO1. The Kier molecular flexibility index (Phi) is 1.08. The van der Waals surface area contributed by atoms with Crippen molar-refractivity contribution in [1.82, 2.24) is 0 Å². The molecule has 0 atom stereocenters. The van der Waals surface area contributed by atoms with Gasteiger partial charge in [0.05, 0.1) is 0 Å². The molecule has 2 heteroatoms. The molecule has 0 aliphatic carbocycles. The van der Waals surface area contributed by atoms with Crippen molar-refractivity contribution >= 4 is 0 Å². The second kappa shape index (κ2) is 1.58. The third-order valence-electron chi connectivity index (χ3n) is 0.694. The zero-order valence-electron chi connectivity index (χ0n) is 3.73. The van der Waals surface area contributed by atoms with Crippen molar-refractivity contribution in [3.63, 3.8) is 0 Å². The Morgan fingerprint density at radius 2 is 1.83 bits per heavy atom. The monoisotopic (exact) mass is 87.0 g/mol. The summed E-state index contributed by atoms with van der Waals surface area (Å²) in [6.07, 6.45) is 0.704. The first-order valence-electron chi connectivity index (χ1n) is 1.99. The highest BCUT2D eigenvalue weighted by Crippen LogP contribution is 2.08. The van der Waals surface area contributed by atoms with Gasteiger partial charge in [-0.1, -0.05) is 6.29 Å². The molecule has 0 aromatic rings. The molecule has 1 aliphatic rings. The van der Waals surface area contributed by atoms with Crippen molar-refractivity contribution in [2.75, 3.05) is 13.2 Å². The second-order valence-electron chi connectivity index (χ2n) is 1.19. The topological polar surface area (TPSA) is 18.5 Å². The zero-order chi connectivity index (χ0) is 4.41.